The van der Waals surface area contributed by atoms with E-state index in [-0.39, 0.29) is 0 Å². The normalized spacial score (nSPS) is 14.8. The Balaban J connectivity index is 2.58. The van der Waals surface area contributed by atoms with Crippen LogP contribution in [0, 0.1) is 11.3 Å². The summed E-state index contributed by atoms with van der Waals surface area (Å²) in [7, 11) is 0. The van der Waals surface area contributed by atoms with Crippen molar-refractivity contribution in [2.45, 2.75) is 40.5 Å². The van der Waals surface area contributed by atoms with Crippen molar-refractivity contribution >= 4 is 15.9 Å². The van der Waals surface area contributed by atoms with Crippen molar-refractivity contribution in [1.29, 1.82) is 0 Å². The number of nitrogens with one attached hydrogen (secondary N) is 1. The zero-order valence-corrected chi connectivity index (χ0v) is 13.7. The number of hydrogen-bond acceptors (Lipinski definition) is 1. The van der Waals surface area contributed by atoms with Crippen molar-refractivity contribution in [2.24, 2.45) is 11.3 Å². The fraction of sp³-hybridized carbons (Fsp3) is 0.625. The molecule has 0 heterocycles. The molecule has 0 amide bonds. The summed E-state index contributed by atoms with van der Waals surface area (Å²) < 4.78 is 1.17. The van der Waals surface area contributed by atoms with Gasteiger partial charge in [-0.25, -0.2) is 0 Å². The molecule has 0 aromatic heterocycles. The second kappa shape index (κ2) is 7.30. The van der Waals surface area contributed by atoms with Crippen LogP contribution in [0.15, 0.2) is 28.7 Å². The molecule has 0 aliphatic heterocycles. The van der Waals surface area contributed by atoms with Crippen molar-refractivity contribution in [3.63, 3.8) is 0 Å². The third kappa shape index (κ3) is 5.53. The fourth-order valence-corrected chi connectivity index (χ4v) is 2.56. The second-order valence-electron chi connectivity index (χ2n) is 6.00. The molecule has 1 N–H and O–H groups in total. The first-order chi connectivity index (χ1) is 8.45. The Morgan fingerprint density at radius 2 is 2.06 bits per heavy atom. The molecule has 18 heavy (non-hydrogen) atoms. The Morgan fingerprint density at radius 3 is 2.61 bits per heavy atom. The van der Waals surface area contributed by atoms with E-state index in [0.29, 0.717) is 5.41 Å². The summed E-state index contributed by atoms with van der Waals surface area (Å²) in [6.07, 6.45) is 2.33. The SMILES string of the molecule is CCC(C)(CNCC(C)C)Cc1cccc(Br)c1. The van der Waals surface area contributed by atoms with Crippen LogP contribution in [-0.2, 0) is 6.42 Å². The molecule has 1 rings (SSSR count). The number of hydrogen-bond donors (Lipinski definition) is 1. The topological polar surface area (TPSA) is 12.0 Å². The van der Waals surface area contributed by atoms with Gasteiger partial charge in [-0.3, -0.25) is 0 Å². The van der Waals surface area contributed by atoms with Crippen LogP contribution < -0.4 is 5.32 Å². The Hall–Kier alpha value is -0.340. The van der Waals surface area contributed by atoms with E-state index in [0.717, 1.165) is 25.4 Å². The smallest absolute Gasteiger partial charge is 0.0177 e. The second-order valence-corrected chi connectivity index (χ2v) is 6.91. The Morgan fingerprint density at radius 1 is 1.33 bits per heavy atom. The monoisotopic (exact) mass is 311 g/mol. The molecule has 102 valence electrons. The molecule has 0 bridgehead atoms. The molecule has 2 heteroatoms. The number of benzene rings is 1. The zero-order valence-electron chi connectivity index (χ0n) is 12.1. The third-order valence-corrected chi connectivity index (χ3v) is 3.97. The third-order valence-electron chi connectivity index (χ3n) is 3.48. The van der Waals surface area contributed by atoms with Crippen LogP contribution in [0.5, 0.6) is 0 Å². The first-order valence-corrected chi connectivity index (χ1v) is 7.69. The van der Waals surface area contributed by atoms with Crippen LogP contribution in [-0.4, -0.2) is 13.1 Å². The van der Waals surface area contributed by atoms with Gasteiger partial charge < -0.3 is 5.32 Å². The molecular weight excluding hydrogens is 286 g/mol. The van der Waals surface area contributed by atoms with Gasteiger partial charge in [0.15, 0.2) is 0 Å². The molecule has 0 aliphatic rings. The zero-order chi connectivity index (χ0) is 13.6. The predicted molar refractivity (Wildman–Crippen MR) is 84.0 cm³/mol. The highest BCUT2D eigenvalue weighted by atomic mass is 79.9. The van der Waals surface area contributed by atoms with Gasteiger partial charge in [0, 0.05) is 11.0 Å². The molecule has 0 aliphatic carbocycles. The van der Waals surface area contributed by atoms with E-state index in [9.17, 15) is 0 Å². The molecule has 0 fully saturated rings. The van der Waals surface area contributed by atoms with Crippen LogP contribution in [0.25, 0.3) is 0 Å². The van der Waals surface area contributed by atoms with Crippen molar-refractivity contribution in [3.05, 3.63) is 34.3 Å². The number of halogens is 1. The highest BCUT2D eigenvalue weighted by molar-refractivity contribution is 9.10. The summed E-state index contributed by atoms with van der Waals surface area (Å²) in [4.78, 5) is 0. The van der Waals surface area contributed by atoms with Gasteiger partial charge in [-0.2, -0.15) is 0 Å². The molecule has 0 saturated carbocycles. The lowest BCUT2D eigenvalue weighted by molar-refractivity contribution is 0.285. The minimum Gasteiger partial charge on any atom is -0.316 e. The van der Waals surface area contributed by atoms with Gasteiger partial charge in [0.25, 0.3) is 0 Å². The summed E-state index contributed by atoms with van der Waals surface area (Å²) in [5.41, 5.74) is 1.76. The van der Waals surface area contributed by atoms with E-state index in [2.05, 4.69) is 73.2 Å². The van der Waals surface area contributed by atoms with Crippen molar-refractivity contribution < 1.29 is 0 Å². The first-order valence-electron chi connectivity index (χ1n) is 6.90. The maximum absolute atomic E-state index is 3.60. The van der Waals surface area contributed by atoms with Crippen LogP contribution in [0.4, 0.5) is 0 Å². The Kier molecular flexibility index (Phi) is 6.37. The quantitative estimate of drug-likeness (QED) is 0.772. The Labute approximate surface area is 120 Å². The van der Waals surface area contributed by atoms with Gasteiger partial charge in [-0.05, 0) is 48.4 Å². The maximum atomic E-state index is 3.60. The van der Waals surface area contributed by atoms with E-state index >= 15 is 0 Å². The lowest BCUT2D eigenvalue weighted by Gasteiger charge is -2.29. The molecule has 0 radical (unpaired) electrons. The largest absolute Gasteiger partial charge is 0.316 e. The van der Waals surface area contributed by atoms with Crippen LogP contribution >= 0.6 is 15.9 Å². The molecule has 1 atom stereocenters. The minimum absolute atomic E-state index is 0.343. The predicted octanol–water partition coefficient (Wildman–Crippen LogP) is 4.65. The fourth-order valence-electron chi connectivity index (χ4n) is 2.11. The van der Waals surface area contributed by atoms with Gasteiger partial charge in [0.1, 0.15) is 0 Å². The molecule has 1 aromatic rings. The molecule has 0 spiro atoms. The maximum Gasteiger partial charge on any atom is 0.0177 e. The van der Waals surface area contributed by atoms with Gasteiger partial charge >= 0.3 is 0 Å². The number of rotatable bonds is 7. The lowest BCUT2D eigenvalue weighted by atomic mass is 9.81. The highest BCUT2D eigenvalue weighted by Crippen LogP contribution is 2.27. The van der Waals surface area contributed by atoms with E-state index < -0.39 is 0 Å². The summed E-state index contributed by atoms with van der Waals surface area (Å²) in [5.74, 6) is 0.719. The van der Waals surface area contributed by atoms with Crippen molar-refractivity contribution in [3.8, 4) is 0 Å². The van der Waals surface area contributed by atoms with Crippen molar-refractivity contribution in [1.82, 2.24) is 5.32 Å². The van der Waals surface area contributed by atoms with Gasteiger partial charge in [-0.15, -0.1) is 0 Å². The van der Waals surface area contributed by atoms with Crippen LogP contribution in [0.2, 0.25) is 0 Å². The average molecular weight is 312 g/mol. The minimum atomic E-state index is 0.343. The summed E-state index contributed by atoms with van der Waals surface area (Å²) in [5, 5.41) is 3.60. The molecular formula is C16H26BrN. The van der Waals surface area contributed by atoms with Crippen LogP contribution in [0.1, 0.15) is 39.7 Å². The molecule has 1 unspecified atom stereocenters. The van der Waals surface area contributed by atoms with Crippen molar-refractivity contribution in [2.75, 3.05) is 13.1 Å². The van der Waals surface area contributed by atoms with Crippen LogP contribution in [0.3, 0.4) is 0 Å². The van der Waals surface area contributed by atoms with E-state index in [1.165, 1.54) is 16.5 Å². The molecule has 0 saturated heterocycles. The highest BCUT2D eigenvalue weighted by Gasteiger charge is 2.22. The Bertz CT molecular complexity index is 362. The standard InChI is InChI=1S/C16H26BrN/c1-5-16(4,12-18-11-13(2)3)10-14-7-6-8-15(17)9-14/h6-9,13,18H,5,10-12H2,1-4H3. The average Bonchev–Trinajstić information content (AvgIpc) is 2.28. The molecule has 1 aromatic carbocycles. The lowest BCUT2D eigenvalue weighted by Crippen LogP contribution is -2.35. The summed E-state index contributed by atoms with van der Waals surface area (Å²) in [6.45, 7) is 11.4. The summed E-state index contributed by atoms with van der Waals surface area (Å²) in [6, 6.07) is 8.66. The summed E-state index contributed by atoms with van der Waals surface area (Å²) >= 11 is 3.55. The van der Waals surface area contributed by atoms with Gasteiger partial charge in [-0.1, -0.05) is 55.8 Å². The van der Waals surface area contributed by atoms with Gasteiger partial charge in [0.05, 0.1) is 0 Å². The van der Waals surface area contributed by atoms with E-state index in [4.69, 9.17) is 0 Å². The van der Waals surface area contributed by atoms with E-state index in [1.54, 1.807) is 0 Å². The molecule has 1 nitrogen and oxygen atoms in total. The van der Waals surface area contributed by atoms with E-state index in [1.807, 2.05) is 0 Å². The van der Waals surface area contributed by atoms with Gasteiger partial charge in [0.2, 0.25) is 0 Å². The first kappa shape index (κ1) is 15.7.